The number of aliphatic hydroxyl groups is 1. The molecule has 1 heteroatoms. The Morgan fingerprint density at radius 1 is 1.07 bits per heavy atom. The van der Waals surface area contributed by atoms with Gasteiger partial charge < -0.3 is 5.11 Å². The molecule has 0 radical (unpaired) electrons. The highest BCUT2D eigenvalue weighted by Gasteiger charge is 2.22. The summed E-state index contributed by atoms with van der Waals surface area (Å²) in [5.41, 5.74) is 2.35. The first-order chi connectivity index (χ1) is 7.27. The summed E-state index contributed by atoms with van der Waals surface area (Å²) >= 11 is 0. The van der Waals surface area contributed by atoms with Crippen molar-refractivity contribution < 1.29 is 5.11 Å². The molecular weight excluding hydrogens is 184 g/mol. The van der Waals surface area contributed by atoms with E-state index in [-0.39, 0.29) is 6.10 Å². The summed E-state index contributed by atoms with van der Waals surface area (Å²) in [5, 5.41) is 10.2. The van der Waals surface area contributed by atoms with Crippen molar-refractivity contribution in [3.8, 4) is 0 Å². The SMILES string of the molecule is Cc1ccc(C(O)C2CCCCC2)cc1. The highest BCUT2D eigenvalue weighted by Crippen LogP contribution is 2.34. The molecule has 0 spiro atoms. The Hall–Kier alpha value is -0.820. The molecule has 0 heterocycles. The van der Waals surface area contributed by atoms with E-state index >= 15 is 0 Å². The van der Waals surface area contributed by atoms with E-state index in [1.165, 1.54) is 37.7 Å². The van der Waals surface area contributed by atoms with Crippen LogP contribution < -0.4 is 0 Å². The largest absolute Gasteiger partial charge is 0.388 e. The van der Waals surface area contributed by atoms with E-state index in [0.29, 0.717) is 5.92 Å². The van der Waals surface area contributed by atoms with Crippen LogP contribution in [0.5, 0.6) is 0 Å². The summed E-state index contributed by atoms with van der Waals surface area (Å²) < 4.78 is 0. The molecule has 1 fully saturated rings. The molecule has 0 amide bonds. The maximum absolute atomic E-state index is 10.2. The fraction of sp³-hybridized carbons (Fsp3) is 0.571. The number of aryl methyl sites for hydroxylation is 1. The number of rotatable bonds is 2. The van der Waals surface area contributed by atoms with Crippen LogP contribution in [-0.2, 0) is 0 Å². The third kappa shape index (κ3) is 2.60. The number of hydrogen-bond donors (Lipinski definition) is 1. The summed E-state index contributed by atoms with van der Waals surface area (Å²) in [6.07, 6.45) is 6.05. The predicted octanol–water partition coefficient (Wildman–Crippen LogP) is 3.61. The lowest BCUT2D eigenvalue weighted by Gasteiger charge is -2.26. The number of benzene rings is 1. The lowest BCUT2D eigenvalue weighted by atomic mass is 9.83. The average Bonchev–Trinajstić information content (AvgIpc) is 2.30. The van der Waals surface area contributed by atoms with E-state index in [4.69, 9.17) is 0 Å². The lowest BCUT2D eigenvalue weighted by molar-refractivity contribution is 0.0848. The van der Waals surface area contributed by atoms with E-state index in [0.717, 1.165) is 5.56 Å². The van der Waals surface area contributed by atoms with Gasteiger partial charge in [0.25, 0.3) is 0 Å². The van der Waals surface area contributed by atoms with Gasteiger partial charge in [0, 0.05) is 0 Å². The molecule has 0 aromatic heterocycles. The van der Waals surface area contributed by atoms with E-state index < -0.39 is 0 Å². The van der Waals surface area contributed by atoms with Gasteiger partial charge >= 0.3 is 0 Å². The van der Waals surface area contributed by atoms with Gasteiger partial charge in [-0.3, -0.25) is 0 Å². The zero-order chi connectivity index (χ0) is 10.7. The van der Waals surface area contributed by atoms with Crippen molar-refractivity contribution in [1.29, 1.82) is 0 Å². The van der Waals surface area contributed by atoms with Gasteiger partial charge in [0.05, 0.1) is 6.10 Å². The van der Waals surface area contributed by atoms with Crippen molar-refractivity contribution in [2.75, 3.05) is 0 Å². The molecule has 1 atom stereocenters. The quantitative estimate of drug-likeness (QED) is 0.780. The Labute approximate surface area is 92.1 Å². The molecule has 1 aromatic carbocycles. The highest BCUT2D eigenvalue weighted by atomic mass is 16.3. The summed E-state index contributed by atoms with van der Waals surface area (Å²) in [7, 11) is 0. The van der Waals surface area contributed by atoms with Gasteiger partial charge in [-0.2, -0.15) is 0 Å². The van der Waals surface area contributed by atoms with Crippen LogP contribution in [0, 0.1) is 12.8 Å². The molecule has 1 N–H and O–H groups in total. The Morgan fingerprint density at radius 3 is 2.27 bits per heavy atom. The minimum absolute atomic E-state index is 0.245. The summed E-state index contributed by atoms with van der Waals surface area (Å²) in [4.78, 5) is 0. The zero-order valence-electron chi connectivity index (χ0n) is 9.45. The van der Waals surface area contributed by atoms with Crippen molar-refractivity contribution in [2.45, 2.75) is 45.1 Å². The Bertz CT molecular complexity index is 296. The van der Waals surface area contributed by atoms with Crippen molar-refractivity contribution >= 4 is 0 Å². The molecule has 2 rings (SSSR count). The molecular formula is C14H20O. The van der Waals surface area contributed by atoms with Crippen LogP contribution >= 0.6 is 0 Å². The number of hydrogen-bond acceptors (Lipinski definition) is 1. The molecule has 82 valence electrons. The first-order valence-corrected chi connectivity index (χ1v) is 6.02. The molecule has 1 aromatic rings. The predicted molar refractivity (Wildman–Crippen MR) is 62.7 cm³/mol. The fourth-order valence-electron chi connectivity index (χ4n) is 2.49. The van der Waals surface area contributed by atoms with E-state index in [1.54, 1.807) is 0 Å². The van der Waals surface area contributed by atoms with Gasteiger partial charge in [-0.25, -0.2) is 0 Å². The minimum Gasteiger partial charge on any atom is -0.388 e. The number of aliphatic hydroxyl groups excluding tert-OH is 1. The van der Waals surface area contributed by atoms with Gasteiger partial charge in [0.2, 0.25) is 0 Å². The summed E-state index contributed by atoms with van der Waals surface area (Å²) in [6, 6.07) is 8.30. The molecule has 0 aliphatic heterocycles. The van der Waals surface area contributed by atoms with E-state index in [2.05, 4.69) is 31.2 Å². The van der Waals surface area contributed by atoms with Crippen molar-refractivity contribution in [2.24, 2.45) is 5.92 Å². The topological polar surface area (TPSA) is 20.2 Å². The first-order valence-electron chi connectivity index (χ1n) is 6.02. The average molecular weight is 204 g/mol. The van der Waals surface area contributed by atoms with Crippen LogP contribution in [0.2, 0.25) is 0 Å². The second kappa shape index (κ2) is 4.80. The normalized spacial score (nSPS) is 20.1. The summed E-state index contributed by atoms with van der Waals surface area (Å²) in [6.45, 7) is 2.08. The lowest BCUT2D eigenvalue weighted by Crippen LogP contribution is -2.15. The van der Waals surface area contributed by atoms with Crippen LogP contribution in [0.3, 0.4) is 0 Å². The molecule has 0 saturated heterocycles. The second-order valence-electron chi connectivity index (χ2n) is 4.75. The van der Waals surface area contributed by atoms with Crippen LogP contribution in [0.4, 0.5) is 0 Å². The van der Waals surface area contributed by atoms with Gasteiger partial charge in [0.15, 0.2) is 0 Å². The fourth-order valence-corrected chi connectivity index (χ4v) is 2.49. The Balaban J connectivity index is 2.05. The zero-order valence-corrected chi connectivity index (χ0v) is 9.45. The standard InChI is InChI=1S/C14H20O/c1-11-7-9-13(10-8-11)14(15)12-5-3-2-4-6-12/h7-10,12,14-15H,2-6H2,1H3. The molecule has 1 aliphatic carbocycles. The maximum Gasteiger partial charge on any atom is 0.0818 e. The van der Waals surface area contributed by atoms with Crippen LogP contribution in [0.1, 0.15) is 49.3 Å². The van der Waals surface area contributed by atoms with Crippen molar-refractivity contribution in [3.63, 3.8) is 0 Å². The molecule has 0 bridgehead atoms. The van der Waals surface area contributed by atoms with Crippen LogP contribution in [0.15, 0.2) is 24.3 Å². The highest BCUT2D eigenvalue weighted by molar-refractivity contribution is 5.23. The molecule has 1 aliphatic rings. The van der Waals surface area contributed by atoms with Crippen molar-refractivity contribution in [1.82, 2.24) is 0 Å². The van der Waals surface area contributed by atoms with Gasteiger partial charge in [-0.1, -0.05) is 49.1 Å². The smallest absolute Gasteiger partial charge is 0.0818 e. The van der Waals surface area contributed by atoms with Gasteiger partial charge in [0.1, 0.15) is 0 Å². The molecule has 1 unspecified atom stereocenters. The van der Waals surface area contributed by atoms with E-state index in [1.807, 2.05) is 0 Å². The molecule has 15 heavy (non-hydrogen) atoms. The third-order valence-electron chi connectivity index (χ3n) is 3.52. The Morgan fingerprint density at radius 2 is 1.67 bits per heavy atom. The van der Waals surface area contributed by atoms with E-state index in [9.17, 15) is 5.11 Å². The molecule has 1 nitrogen and oxygen atoms in total. The maximum atomic E-state index is 10.2. The van der Waals surface area contributed by atoms with Gasteiger partial charge in [-0.05, 0) is 31.2 Å². The minimum atomic E-state index is -0.245. The van der Waals surface area contributed by atoms with Crippen LogP contribution in [0.25, 0.3) is 0 Å². The Kier molecular flexibility index (Phi) is 3.42. The third-order valence-corrected chi connectivity index (χ3v) is 3.52. The second-order valence-corrected chi connectivity index (χ2v) is 4.75. The van der Waals surface area contributed by atoms with Crippen LogP contribution in [-0.4, -0.2) is 5.11 Å². The van der Waals surface area contributed by atoms with Gasteiger partial charge in [-0.15, -0.1) is 0 Å². The molecule has 1 saturated carbocycles. The monoisotopic (exact) mass is 204 g/mol. The summed E-state index contributed by atoms with van der Waals surface area (Å²) in [5.74, 6) is 0.487. The van der Waals surface area contributed by atoms with Crippen molar-refractivity contribution in [3.05, 3.63) is 35.4 Å². The first kappa shape index (κ1) is 10.7.